The second kappa shape index (κ2) is 13.4. The van der Waals surface area contributed by atoms with Crippen molar-refractivity contribution >= 4 is 67.9 Å². The molecule has 0 fully saturated rings. The van der Waals surface area contributed by atoms with E-state index in [2.05, 4.69) is 228 Å². The zero-order chi connectivity index (χ0) is 35.8. The van der Waals surface area contributed by atoms with E-state index in [1.807, 2.05) is 0 Å². The number of benzene rings is 8. The first-order valence-electron chi connectivity index (χ1n) is 18.5. The molecule has 0 bridgehead atoms. The molecular formula is C52H36N2. The molecule has 2 heterocycles. The molecule has 0 unspecified atom stereocenters. The predicted molar refractivity (Wildman–Crippen MR) is 231 cm³/mol. The molecule has 0 aliphatic heterocycles. The van der Waals surface area contributed by atoms with E-state index in [4.69, 9.17) is 0 Å². The highest BCUT2D eigenvalue weighted by molar-refractivity contribution is 6.11. The molecule has 2 aromatic heterocycles. The molecule has 254 valence electrons. The van der Waals surface area contributed by atoms with Gasteiger partial charge in [-0.25, -0.2) is 0 Å². The van der Waals surface area contributed by atoms with E-state index in [-0.39, 0.29) is 0 Å². The van der Waals surface area contributed by atoms with Crippen LogP contribution in [0.4, 0.5) is 0 Å². The summed E-state index contributed by atoms with van der Waals surface area (Å²) < 4.78 is 4.71. The Morgan fingerprint density at radius 2 is 0.593 bits per heavy atom. The first kappa shape index (κ1) is 31.6. The van der Waals surface area contributed by atoms with Crippen LogP contribution in [0, 0.1) is 0 Å². The van der Waals surface area contributed by atoms with Crippen LogP contribution < -0.4 is 0 Å². The SMILES string of the molecule is C(=Cc1ccc2c(c1)c1ccccc1n2-c1ccccc1)c1ccc(-c2ccc(C=Cc3ccc4c(c3)c3ccccc3n4-c3ccccc3)cc2)cc1. The molecule has 0 N–H and O–H groups in total. The van der Waals surface area contributed by atoms with Gasteiger partial charge in [-0.05, 0) is 94.0 Å². The van der Waals surface area contributed by atoms with Crippen LogP contribution in [0.5, 0.6) is 0 Å². The van der Waals surface area contributed by atoms with E-state index in [0.717, 1.165) is 0 Å². The van der Waals surface area contributed by atoms with Gasteiger partial charge in [0.05, 0.1) is 22.1 Å². The Bertz CT molecular complexity index is 2790. The second-order valence-electron chi connectivity index (χ2n) is 13.8. The monoisotopic (exact) mass is 688 g/mol. The summed E-state index contributed by atoms with van der Waals surface area (Å²) in [5, 5.41) is 5.06. The van der Waals surface area contributed by atoms with E-state index in [9.17, 15) is 0 Å². The van der Waals surface area contributed by atoms with Crippen molar-refractivity contribution in [3.63, 3.8) is 0 Å². The van der Waals surface area contributed by atoms with Gasteiger partial charge in [-0.2, -0.15) is 0 Å². The summed E-state index contributed by atoms with van der Waals surface area (Å²) in [6.07, 6.45) is 8.82. The second-order valence-corrected chi connectivity index (χ2v) is 13.8. The Balaban J connectivity index is 0.862. The minimum Gasteiger partial charge on any atom is -0.309 e. The van der Waals surface area contributed by atoms with Gasteiger partial charge in [0.2, 0.25) is 0 Å². The number of nitrogens with zero attached hydrogens (tertiary/aromatic N) is 2. The fraction of sp³-hybridized carbons (Fsp3) is 0. The molecule has 0 saturated heterocycles. The van der Waals surface area contributed by atoms with Crippen molar-refractivity contribution in [3.05, 3.63) is 216 Å². The number of hydrogen-bond donors (Lipinski definition) is 0. The first-order chi connectivity index (χ1) is 26.8. The van der Waals surface area contributed by atoms with Crippen molar-refractivity contribution in [2.24, 2.45) is 0 Å². The van der Waals surface area contributed by atoms with Crippen LogP contribution in [0.1, 0.15) is 22.3 Å². The number of rotatable bonds is 7. The number of hydrogen-bond acceptors (Lipinski definition) is 0. The standard InChI is InChI=1S/C52H36N2/c1-3-11-43(12-4-1)53-49-17-9-7-15-45(49)47-35-39(27-33-51(47)53)21-19-37-23-29-41(30-24-37)42-31-25-38(26-32-42)20-22-40-28-34-52-48(36-40)46-16-8-10-18-50(46)54(52)44-13-5-2-6-14-44/h1-36H. The third-order valence-corrected chi connectivity index (χ3v) is 10.5. The number of aromatic nitrogens is 2. The average Bonchev–Trinajstić information content (AvgIpc) is 3.75. The minimum absolute atomic E-state index is 1.17. The van der Waals surface area contributed by atoms with E-state index in [0.29, 0.717) is 0 Å². The van der Waals surface area contributed by atoms with Crippen molar-refractivity contribution in [3.8, 4) is 22.5 Å². The van der Waals surface area contributed by atoms with Crippen molar-refractivity contribution in [1.29, 1.82) is 0 Å². The molecule has 0 radical (unpaired) electrons. The summed E-state index contributed by atoms with van der Waals surface area (Å²) in [6.45, 7) is 0. The van der Waals surface area contributed by atoms with Gasteiger partial charge in [-0.15, -0.1) is 0 Å². The van der Waals surface area contributed by atoms with Gasteiger partial charge < -0.3 is 9.13 Å². The molecule has 10 rings (SSSR count). The Morgan fingerprint density at radius 1 is 0.259 bits per heavy atom. The molecule has 0 atom stereocenters. The Morgan fingerprint density at radius 3 is 1.02 bits per heavy atom. The van der Waals surface area contributed by atoms with Gasteiger partial charge >= 0.3 is 0 Å². The fourth-order valence-corrected chi connectivity index (χ4v) is 7.86. The maximum Gasteiger partial charge on any atom is 0.0541 e. The summed E-state index contributed by atoms with van der Waals surface area (Å²) in [5.74, 6) is 0. The zero-order valence-corrected chi connectivity index (χ0v) is 29.7. The molecule has 2 nitrogen and oxygen atoms in total. The Kier molecular flexibility index (Phi) is 7.85. The average molecular weight is 689 g/mol. The highest BCUT2D eigenvalue weighted by atomic mass is 15.0. The highest BCUT2D eigenvalue weighted by Gasteiger charge is 2.13. The highest BCUT2D eigenvalue weighted by Crippen LogP contribution is 2.34. The zero-order valence-electron chi connectivity index (χ0n) is 29.7. The van der Waals surface area contributed by atoms with Crippen LogP contribution >= 0.6 is 0 Å². The van der Waals surface area contributed by atoms with E-state index in [1.165, 1.54) is 88.4 Å². The summed E-state index contributed by atoms with van der Waals surface area (Å²) in [7, 11) is 0. The third-order valence-electron chi connectivity index (χ3n) is 10.5. The largest absolute Gasteiger partial charge is 0.309 e. The van der Waals surface area contributed by atoms with Gasteiger partial charge in [0, 0.05) is 32.9 Å². The molecular weight excluding hydrogens is 653 g/mol. The van der Waals surface area contributed by atoms with Crippen LogP contribution in [0.3, 0.4) is 0 Å². The molecule has 8 aromatic carbocycles. The van der Waals surface area contributed by atoms with Crippen molar-refractivity contribution in [2.75, 3.05) is 0 Å². The van der Waals surface area contributed by atoms with Crippen LogP contribution in [0.2, 0.25) is 0 Å². The summed E-state index contributed by atoms with van der Waals surface area (Å²) in [4.78, 5) is 0. The third kappa shape index (κ3) is 5.71. The molecule has 10 aromatic rings. The quantitative estimate of drug-likeness (QED) is 0.148. The molecule has 0 aliphatic rings. The van der Waals surface area contributed by atoms with Crippen molar-refractivity contribution in [2.45, 2.75) is 0 Å². The van der Waals surface area contributed by atoms with E-state index in [1.54, 1.807) is 0 Å². The molecule has 0 saturated carbocycles. The van der Waals surface area contributed by atoms with Crippen molar-refractivity contribution in [1.82, 2.24) is 9.13 Å². The predicted octanol–water partition coefficient (Wildman–Crippen LogP) is 13.9. The topological polar surface area (TPSA) is 9.86 Å². The Labute approximate surface area is 314 Å². The van der Waals surface area contributed by atoms with Gasteiger partial charge in [0.15, 0.2) is 0 Å². The molecule has 0 spiro atoms. The van der Waals surface area contributed by atoms with Gasteiger partial charge in [-0.1, -0.05) is 158 Å². The molecule has 2 heteroatoms. The molecule has 0 aliphatic carbocycles. The lowest BCUT2D eigenvalue weighted by Crippen LogP contribution is -1.92. The van der Waals surface area contributed by atoms with Crippen LogP contribution in [0.25, 0.3) is 90.4 Å². The maximum absolute atomic E-state index is 2.35. The maximum atomic E-state index is 2.35. The van der Waals surface area contributed by atoms with E-state index >= 15 is 0 Å². The summed E-state index contributed by atoms with van der Waals surface area (Å²) >= 11 is 0. The van der Waals surface area contributed by atoms with Gasteiger partial charge in [0.1, 0.15) is 0 Å². The van der Waals surface area contributed by atoms with Gasteiger partial charge in [-0.3, -0.25) is 0 Å². The number of fused-ring (bicyclic) bond motifs is 6. The smallest absolute Gasteiger partial charge is 0.0541 e. The Hall–Kier alpha value is -7.16. The lowest BCUT2D eigenvalue weighted by molar-refractivity contribution is 1.18. The fourth-order valence-electron chi connectivity index (χ4n) is 7.86. The van der Waals surface area contributed by atoms with E-state index < -0.39 is 0 Å². The summed E-state index contributed by atoms with van der Waals surface area (Å²) in [6, 6.07) is 69.7. The van der Waals surface area contributed by atoms with Crippen LogP contribution in [-0.4, -0.2) is 9.13 Å². The molecule has 0 amide bonds. The van der Waals surface area contributed by atoms with Crippen LogP contribution in [-0.2, 0) is 0 Å². The number of para-hydroxylation sites is 4. The lowest BCUT2D eigenvalue weighted by atomic mass is 10.0. The van der Waals surface area contributed by atoms with Crippen molar-refractivity contribution < 1.29 is 0 Å². The normalized spacial score (nSPS) is 11.9. The lowest BCUT2D eigenvalue weighted by Gasteiger charge is -2.07. The van der Waals surface area contributed by atoms with Gasteiger partial charge in [0.25, 0.3) is 0 Å². The minimum atomic E-state index is 1.17. The van der Waals surface area contributed by atoms with Crippen LogP contribution in [0.15, 0.2) is 194 Å². The first-order valence-corrected chi connectivity index (χ1v) is 18.5. The summed E-state index contributed by atoms with van der Waals surface area (Å²) in [5.41, 5.74) is 14.4. The molecule has 54 heavy (non-hydrogen) atoms.